The van der Waals surface area contributed by atoms with E-state index in [0.29, 0.717) is 32.9 Å². The Morgan fingerprint density at radius 3 is 2.46 bits per heavy atom. The highest BCUT2D eigenvalue weighted by Gasteiger charge is 2.12. The molecule has 6 heteroatoms. The van der Waals surface area contributed by atoms with Crippen molar-refractivity contribution in [3.63, 3.8) is 0 Å². The van der Waals surface area contributed by atoms with E-state index in [4.69, 9.17) is 32.7 Å². The van der Waals surface area contributed by atoms with Gasteiger partial charge in [0.25, 0.3) is 0 Å². The van der Waals surface area contributed by atoms with Crippen LogP contribution in [0.4, 0.5) is 0 Å². The standard InChI is InChI=1S/C20H15Cl2NO3/c1-25-19-7-5-15(11-17(19)22)26-20-6-4-14(10-16(20)21)18(24)9-13-3-2-8-23-12-13/h2-8,10-12H,9H2,1H3. The normalized spacial score (nSPS) is 10.4. The molecule has 3 aromatic rings. The van der Waals surface area contributed by atoms with Crippen LogP contribution in [-0.2, 0) is 6.42 Å². The van der Waals surface area contributed by atoms with Crippen LogP contribution in [0.15, 0.2) is 60.9 Å². The third-order valence-corrected chi connectivity index (χ3v) is 4.28. The number of Topliss-reactive ketones (excluding diaryl/α,β-unsaturated/α-hetero) is 1. The Kier molecular flexibility index (Phi) is 5.76. The summed E-state index contributed by atoms with van der Waals surface area (Å²) in [6.07, 6.45) is 3.60. The van der Waals surface area contributed by atoms with Crippen molar-refractivity contribution in [1.29, 1.82) is 0 Å². The van der Waals surface area contributed by atoms with Crippen molar-refractivity contribution < 1.29 is 14.3 Å². The SMILES string of the molecule is COc1ccc(Oc2ccc(C(=O)Cc3cccnc3)cc2Cl)cc1Cl. The second kappa shape index (κ2) is 8.21. The lowest BCUT2D eigenvalue weighted by molar-refractivity contribution is 0.0993. The fourth-order valence-electron chi connectivity index (χ4n) is 2.38. The zero-order valence-electron chi connectivity index (χ0n) is 13.9. The molecule has 0 saturated heterocycles. The lowest BCUT2D eigenvalue weighted by atomic mass is 10.0. The van der Waals surface area contributed by atoms with E-state index in [1.54, 1.807) is 62.0 Å². The van der Waals surface area contributed by atoms with Crippen LogP contribution in [0.5, 0.6) is 17.2 Å². The summed E-state index contributed by atoms with van der Waals surface area (Å²) in [5.74, 6) is 1.47. The number of benzene rings is 2. The quantitative estimate of drug-likeness (QED) is 0.515. The average Bonchev–Trinajstić information content (AvgIpc) is 2.64. The minimum atomic E-state index is -0.0426. The van der Waals surface area contributed by atoms with E-state index in [1.807, 2.05) is 6.07 Å². The molecular weight excluding hydrogens is 373 g/mol. The molecular formula is C20H15Cl2NO3. The van der Waals surface area contributed by atoms with E-state index in [0.717, 1.165) is 5.56 Å². The van der Waals surface area contributed by atoms with Crippen LogP contribution in [0.1, 0.15) is 15.9 Å². The molecule has 0 amide bonds. The number of carbonyl (C=O) groups is 1. The number of rotatable bonds is 6. The van der Waals surface area contributed by atoms with Gasteiger partial charge in [0, 0.05) is 30.4 Å². The van der Waals surface area contributed by atoms with E-state index < -0.39 is 0 Å². The minimum Gasteiger partial charge on any atom is -0.495 e. The number of pyridine rings is 1. The van der Waals surface area contributed by atoms with Crippen LogP contribution in [0, 0.1) is 0 Å². The summed E-state index contributed by atoms with van der Waals surface area (Å²) in [6, 6.07) is 13.7. The molecule has 0 aliphatic heterocycles. The Balaban J connectivity index is 1.75. The summed E-state index contributed by atoms with van der Waals surface area (Å²) in [6.45, 7) is 0. The molecule has 3 rings (SSSR count). The van der Waals surface area contributed by atoms with Gasteiger partial charge in [0.15, 0.2) is 5.78 Å². The predicted molar refractivity (Wildman–Crippen MR) is 102 cm³/mol. The summed E-state index contributed by atoms with van der Waals surface area (Å²) in [7, 11) is 1.54. The van der Waals surface area contributed by atoms with Crippen LogP contribution in [0.3, 0.4) is 0 Å². The fourth-order valence-corrected chi connectivity index (χ4v) is 2.85. The second-order valence-corrected chi connectivity index (χ2v) is 6.32. The number of hydrogen-bond acceptors (Lipinski definition) is 4. The Morgan fingerprint density at radius 2 is 1.81 bits per heavy atom. The van der Waals surface area contributed by atoms with Crippen molar-refractivity contribution >= 4 is 29.0 Å². The predicted octanol–water partition coefficient (Wildman–Crippen LogP) is 5.61. The molecule has 0 saturated carbocycles. The topological polar surface area (TPSA) is 48.4 Å². The molecule has 4 nitrogen and oxygen atoms in total. The first-order valence-electron chi connectivity index (χ1n) is 7.80. The maximum atomic E-state index is 12.4. The number of ether oxygens (including phenoxy) is 2. The van der Waals surface area contributed by atoms with Gasteiger partial charge in [-0.05, 0) is 42.0 Å². The minimum absolute atomic E-state index is 0.0426. The molecule has 0 fully saturated rings. The molecule has 0 spiro atoms. The number of nitrogens with zero attached hydrogens (tertiary/aromatic N) is 1. The number of methoxy groups -OCH3 is 1. The second-order valence-electron chi connectivity index (χ2n) is 5.50. The Morgan fingerprint density at radius 1 is 1.04 bits per heavy atom. The first-order valence-corrected chi connectivity index (χ1v) is 8.55. The molecule has 0 aliphatic carbocycles. The van der Waals surface area contributed by atoms with Crippen LogP contribution in [-0.4, -0.2) is 17.9 Å². The van der Waals surface area contributed by atoms with Gasteiger partial charge in [-0.25, -0.2) is 0 Å². The van der Waals surface area contributed by atoms with Crippen molar-refractivity contribution in [2.75, 3.05) is 7.11 Å². The third-order valence-electron chi connectivity index (χ3n) is 3.69. The molecule has 0 atom stereocenters. The summed E-state index contributed by atoms with van der Waals surface area (Å²) >= 11 is 12.4. The molecule has 1 aromatic heterocycles. The zero-order chi connectivity index (χ0) is 18.5. The summed E-state index contributed by atoms with van der Waals surface area (Å²) in [5, 5.41) is 0.776. The number of hydrogen-bond donors (Lipinski definition) is 0. The summed E-state index contributed by atoms with van der Waals surface area (Å²) in [5.41, 5.74) is 1.36. The van der Waals surface area contributed by atoms with E-state index >= 15 is 0 Å². The van der Waals surface area contributed by atoms with Crippen molar-refractivity contribution in [2.45, 2.75) is 6.42 Å². The van der Waals surface area contributed by atoms with Gasteiger partial charge < -0.3 is 9.47 Å². The molecule has 2 aromatic carbocycles. The van der Waals surface area contributed by atoms with Gasteiger partial charge in [0.05, 0.1) is 17.2 Å². The first kappa shape index (κ1) is 18.2. The highest BCUT2D eigenvalue weighted by molar-refractivity contribution is 6.32. The third kappa shape index (κ3) is 4.34. The molecule has 0 aliphatic rings. The van der Waals surface area contributed by atoms with Crippen molar-refractivity contribution in [3.8, 4) is 17.2 Å². The van der Waals surface area contributed by atoms with Gasteiger partial charge in [0.1, 0.15) is 17.2 Å². The summed E-state index contributed by atoms with van der Waals surface area (Å²) < 4.78 is 10.9. The molecule has 0 radical (unpaired) electrons. The van der Waals surface area contributed by atoms with Gasteiger partial charge >= 0.3 is 0 Å². The lowest BCUT2D eigenvalue weighted by Crippen LogP contribution is -2.04. The van der Waals surface area contributed by atoms with Gasteiger partial charge in [-0.2, -0.15) is 0 Å². The van der Waals surface area contributed by atoms with Crippen LogP contribution < -0.4 is 9.47 Å². The lowest BCUT2D eigenvalue weighted by Gasteiger charge is -2.10. The van der Waals surface area contributed by atoms with Crippen LogP contribution >= 0.6 is 23.2 Å². The number of ketones is 1. The number of aromatic nitrogens is 1. The fraction of sp³-hybridized carbons (Fsp3) is 0.100. The monoisotopic (exact) mass is 387 g/mol. The van der Waals surface area contributed by atoms with Gasteiger partial charge in [0.2, 0.25) is 0 Å². The average molecular weight is 388 g/mol. The number of carbonyl (C=O) groups excluding carboxylic acids is 1. The smallest absolute Gasteiger partial charge is 0.167 e. The van der Waals surface area contributed by atoms with Crippen molar-refractivity contribution in [3.05, 3.63) is 82.1 Å². The maximum absolute atomic E-state index is 12.4. The van der Waals surface area contributed by atoms with E-state index in [2.05, 4.69) is 4.98 Å². The Labute approximate surface area is 161 Å². The summed E-state index contributed by atoms with van der Waals surface area (Å²) in [4.78, 5) is 16.4. The van der Waals surface area contributed by atoms with Gasteiger partial charge in [-0.15, -0.1) is 0 Å². The van der Waals surface area contributed by atoms with Crippen molar-refractivity contribution in [1.82, 2.24) is 4.98 Å². The molecule has 26 heavy (non-hydrogen) atoms. The van der Waals surface area contributed by atoms with Crippen molar-refractivity contribution in [2.24, 2.45) is 0 Å². The van der Waals surface area contributed by atoms with Crippen LogP contribution in [0.25, 0.3) is 0 Å². The van der Waals surface area contributed by atoms with Gasteiger partial charge in [-0.3, -0.25) is 9.78 Å². The highest BCUT2D eigenvalue weighted by Crippen LogP contribution is 2.34. The highest BCUT2D eigenvalue weighted by atomic mass is 35.5. The molecule has 0 unspecified atom stereocenters. The molecule has 0 N–H and O–H groups in total. The molecule has 0 bridgehead atoms. The molecule has 132 valence electrons. The Bertz CT molecular complexity index is 930. The van der Waals surface area contributed by atoms with Crippen LogP contribution in [0.2, 0.25) is 10.0 Å². The zero-order valence-corrected chi connectivity index (χ0v) is 15.4. The van der Waals surface area contributed by atoms with Gasteiger partial charge in [-0.1, -0.05) is 29.3 Å². The molecule has 1 heterocycles. The largest absolute Gasteiger partial charge is 0.495 e. The Hall–Kier alpha value is -2.56. The first-order chi connectivity index (χ1) is 12.6. The maximum Gasteiger partial charge on any atom is 0.167 e. The van der Waals surface area contributed by atoms with E-state index in [9.17, 15) is 4.79 Å². The van der Waals surface area contributed by atoms with E-state index in [1.165, 1.54) is 0 Å². The van der Waals surface area contributed by atoms with E-state index in [-0.39, 0.29) is 12.2 Å². The number of halogens is 2.